The topological polar surface area (TPSA) is 59.6 Å². The molecular formula is C27H28FN3O3. The number of hydrogen-bond donors (Lipinski definition) is 1. The van der Waals surface area contributed by atoms with Crippen molar-refractivity contribution in [1.82, 2.24) is 14.9 Å². The van der Waals surface area contributed by atoms with Gasteiger partial charge in [0, 0.05) is 47.3 Å². The van der Waals surface area contributed by atoms with E-state index in [1.165, 1.54) is 25.8 Å². The van der Waals surface area contributed by atoms with Gasteiger partial charge in [0.25, 0.3) is 0 Å². The van der Waals surface area contributed by atoms with E-state index < -0.39 is 5.82 Å². The highest BCUT2D eigenvalue weighted by atomic mass is 19.1. The summed E-state index contributed by atoms with van der Waals surface area (Å²) in [6.07, 6.45) is 5.73. The van der Waals surface area contributed by atoms with E-state index in [1.54, 1.807) is 31.5 Å². The molecule has 1 aliphatic heterocycles. The molecule has 1 saturated heterocycles. The molecule has 0 atom stereocenters. The summed E-state index contributed by atoms with van der Waals surface area (Å²) in [5, 5.41) is 1.24. The molecule has 2 aromatic heterocycles. The van der Waals surface area contributed by atoms with Crippen LogP contribution in [0, 0.1) is 18.2 Å². The van der Waals surface area contributed by atoms with Crippen molar-refractivity contribution in [2.75, 3.05) is 33.4 Å². The van der Waals surface area contributed by atoms with E-state index in [-0.39, 0.29) is 5.75 Å². The second-order valence-electron chi connectivity index (χ2n) is 9.60. The largest absolute Gasteiger partial charge is 0.493 e. The van der Waals surface area contributed by atoms with Crippen molar-refractivity contribution in [2.45, 2.75) is 26.2 Å². The lowest BCUT2D eigenvalue weighted by atomic mass is 10.1. The van der Waals surface area contributed by atoms with Gasteiger partial charge in [-0.15, -0.1) is 0 Å². The third-order valence-electron chi connectivity index (χ3n) is 7.18. The van der Waals surface area contributed by atoms with Crippen molar-refractivity contribution >= 4 is 21.8 Å². The Labute approximate surface area is 197 Å². The standard InChI is InChI=1S/C27H28FN3O3/c1-17-13-19-20(30-17)3-4-23(26(19)28)34-22-5-9-29-21-15-25(24(32-2)14-18(21)22)33-12-11-31-10-8-27(16-31)6-7-27/h3-5,9,13-15,30H,6-8,10-12,16H2,1-2H3. The van der Waals surface area contributed by atoms with Gasteiger partial charge in [-0.1, -0.05) is 0 Å². The Morgan fingerprint density at radius 2 is 1.91 bits per heavy atom. The fourth-order valence-electron chi connectivity index (χ4n) is 5.06. The van der Waals surface area contributed by atoms with Gasteiger partial charge in [-0.05, 0) is 68.5 Å². The summed E-state index contributed by atoms with van der Waals surface area (Å²) in [5.41, 5.74) is 2.96. The van der Waals surface area contributed by atoms with E-state index >= 15 is 4.39 Å². The predicted molar refractivity (Wildman–Crippen MR) is 130 cm³/mol. The van der Waals surface area contributed by atoms with Crippen LogP contribution in [0.15, 0.2) is 42.6 Å². The van der Waals surface area contributed by atoms with Crippen LogP contribution in [0.4, 0.5) is 4.39 Å². The Hall–Kier alpha value is -3.32. The molecule has 2 aromatic carbocycles. The number of hydrogen-bond acceptors (Lipinski definition) is 5. The molecule has 6 rings (SSSR count). The molecule has 0 bridgehead atoms. The van der Waals surface area contributed by atoms with Crippen molar-refractivity contribution in [2.24, 2.45) is 5.41 Å². The highest BCUT2D eigenvalue weighted by Gasteiger charge is 2.47. The molecule has 6 nitrogen and oxygen atoms in total. The van der Waals surface area contributed by atoms with Crippen LogP contribution in [0.1, 0.15) is 25.0 Å². The van der Waals surface area contributed by atoms with E-state index in [9.17, 15) is 0 Å². The number of aromatic amines is 1. The van der Waals surface area contributed by atoms with Gasteiger partial charge in [-0.25, -0.2) is 4.39 Å². The maximum atomic E-state index is 15.1. The minimum atomic E-state index is -0.395. The molecule has 3 heterocycles. The van der Waals surface area contributed by atoms with Crippen LogP contribution in [0.5, 0.6) is 23.0 Å². The van der Waals surface area contributed by atoms with Gasteiger partial charge in [-0.2, -0.15) is 0 Å². The van der Waals surface area contributed by atoms with Crippen molar-refractivity contribution in [3.05, 3.63) is 54.1 Å². The first kappa shape index (κ1) is 21.2. The molecule has 1 aliphatic carbocycles. The van der Waals surface area contributed by atoms with Gasteiger partial charge in [0.2, 0.25) is 0 Å². The van der Waals surface area contributed by atoms with Gasteiger partial charge in [0.15, 0.2) is 23.1 Å². The number of likely N-dealkylation sites (tertiary alicyclic amines) is 1. The minimum absolute atomic E-state index is 0.164. The molecule has 0 unspecified atom stereocenters. The zero-order valence-electron chi connectivity index (χ0n) is 19.5. The highest BCUT2D eigenvalue weighted by molar-refractivity contribution is 5.89. The number of nitrogens with zero attached hydrogens (tertiary/aromatic N) is 2. The summed E-state index contributed by atoms with van der Waals surface area (Å²) in [6.45, 7) is 5.75. The van der Waals surface area contributed by atoms with Crippen LogP contribution >= 0.6 is 0 Å². The average molecular weight is 462 g/mol. The molecule has 2 aliphatic rings. The number of halogens is 1. The van der Waals surface area contributed by atoms with Crippen LogP contribution in [0.3, 0.4) is 0 Å². The van der Waals surface area contributed by atoms with Crippen LogP contribution in [-0.2, 0) is 0 Å². The van der Waals surface area contributed by atoms with Gasteiger partial charge < -0.3 is 19.2 Å². The summed E-state index contributed by atoms with van der Waals surface area (Å²) in [4.78, 5) is 10.1. The number of methoxy groups -OCH3 is 1. The summed E-state index contributed by atoms with van der Waals surface area (Å²) in [5.74, 6) is 1.52. The second-order valence-corrected chi connectivity index (χ2v) is 9.60. The molecule has 4 aromatic rings. The Morgan fingerprint density at radius 3 is 2.71 bits per heavy atom. The van der Waals surface area contributed by atoms with Gasteiger partial charge in [0.05, 0.1) is 12.6 Å². The molecule has 0 radical (unpaired) electrons. The fraction of sp³-hybridized carbons (Fsp3) is 0.370. The van der Waals surface area contributed by atoms with Crippen molar-refractivity contribution < 1.29 is 18.6 Å². The van der Waals surface area contributed by atoms with Crippen LogP contribution < -0.4 is 14.2 Å². The predicted octanol–water partition coefficient (Wildman–Crippen LogP) is 5.83. The maximum absolute atomic E-state index is 15.1. The zero-order chi connectivity index (χ0) is 23.3. The van der Waals surface area contributed by atoms with Crippen LogP contribution in [-0.4, -0.2) is 48.2 Å². The first-order chi connectivity index (χ1) is 16.5. The normalized spacial score (nSPS) is 17.0. The van der Waals surface area contributed by atoms with Gasteiger partial charge in [0.1, 0.15) is 12.4 Å². The molecule has 34 heavy (non-hydrogen) atoms. The first-order valence-electron chi connectivity index (χ1n) is 11.8. The number of rotatable bonds is 7. The molecule has 2 fully saturated rings. The molecule has 1 saturated carbocycles. The van der Waals surface area contributed by atoms with Crippen LogP contribution in [0.25, 0.3) is 21.8 Å². The second kappa shape index (κ2) is 8.17. The molecule has 0 amide bonds. The highest BCUT2D eigenvalue weighted by Crippen LogP contribution is 2.52. The van der Waals surface area contributed by atoms with E-state index in [2.05, 4.69) is 14.9 Å². The lowest BCUT2D eigenvalue weighted by Crippen LogP contribution is -2.26. The van der Waals surface area contributed by atoms with E-state index in [0.717, 1.165) is 29.7 Å². The van der Waals surface area contributed by atoms with Gasteiger partial charge in [-0.3, -0.25) is 9.88 Å². The monoisotopic (exact) mass is 461 g/mol. The zero-order valence-corrected chi connectivity index (χ0v) is 19.5. The number of aromatic nitrogens is 2. The smallest absolute Gasteiger partial charge is 0.175 e. The molecule has 1 spiro atoms. The van der Waals surface area contributed by atoms with E-state index in [4.69, 9.17) is 14.2 Å². The number of fused-ring (bicyclic) bond motifs is 2. The Balaban J connectivity index is 1.24. The Bertz CT molecular complexity index is 1380. The van der Waals surface area contributed by atoms with Crippen molar-refractivity contribution in [3.8, 4) is 23.0 Å². The van der Waals surface area contributed by atoms with E-state index in [0.29, 0.717) is 40.2 Å². The lowest BCUT2D eigenvalue weighted by molar-refractivity contribution is 0.225. The number of benzene rings is 2. The summed E-state index contributed by atoms with van der Waals surface area (Å²) >= 11 is 0. The molecule has 7 heteroatoms. The molecular weight excluding hydrogens is 433 g/mol. The third kappa shape index (κ3) is 3.84. The lowest BCUT2D eigenvalue weighted by Gasteiger charge is -2.18. The Morgan fingerprint density at radius 1 is 1.03 bits per heavy atom. The SMILES string of the molecule is COc1cc2c(Oc3ccc4[nH]c(C)cc4c3F)ccnc2cc1OCCN1CCC2(CC2)C1. The van der Waals surface area contributed by atoms with Crippen molar-refractivity contribution in [3.63, 3.8) is 0 Å². The third-order valence-corrected chi connectivity index (χ3v) is 7.18. The summed E-state index contributed by atoms with van der Waals surface area (Å²) in [6, 6.07) is 10.7. The Kier molecular flexibility index (Phi) is 5.10. The number of H-pyrrole nitrogens is 1. The molecule has 1 N–H and O–H groups in total. The number of ether oxygens (including phenoxy) is 3. The quantitative estimate of drug-likeness (QED) is 0.375. The number of aryl methyl sites for hydroxylation is 1. The van der Waals surface area contributed by atoms with Crippen molar-refractivity contribution in [1.29, 1.82) is 0 Å². The summed E-state index contributed by atoms with van der Waals surface area (Å²) in [7, 11) is 1.62. The number of pyridine rings is 1. The average Bonchev–Trinajstić information content (AvgIpc) is 3.29. The summed E-state index contributed by atoms with van der Waals surface area (Å²) < 4.78 is 32.8. The van der Waals surface area contributed by atoms with Gasteiger partial charge >= 0.3 is 0 Å². The maximum Gasteiger partial charge on any atom is 0.175 e. The molecule has 176 valence electrons. The first-order valence-corrected chi connectivity index (χ1v) is 11.8. The minimum Gasteiger partial charge on any atom is -0.493 e. The number of nitrogens with one attached hydrogen (secondary N) is 1. The van der Waals surface area contributed by atoms with E-state index in [1.807, 2.05) is 25.1 Å². The van der Waals surface area contributed by atoms with Crippen LogP contribution in [0.2, 0.25) is 0 Å². The fourth-order valence-corrected chi connectivity index (χ4v) is 5.06.